The van der Waals surface area contributed by atoms with Crippen molar-refractivity contribution < 1.29 is 13.2 Å². The van der Waals surface area contributed by atoms with Gasteiger partial charge in [-0.3, -0.25) is 0 Å². The molecule has 0 atom stereocenters. The Balaban J connectivity index is 2.29. The van der Waals surface area contributed by atoms with E-state index in [-0.39, 0.29) is 11.4 Å². The molecule has 1 aliphatic rings. The van der Waals surface area contributed by atoms with Gasteiger partial charge in [-0.1, -0.05) is 12.1 Å². The molecule has 0 unspecified atom stereocenters. The van der Waals surface area contributed by atoms with Gasteiger partial charge in [0.05, 0.1) is 7.11 Å². The zero-order chi connectivity index (χ0) is 15.5. The highest BCUT2D eigenvalue weighted by Crippen LogP contribution is 2.28. The number of nitrogens with zero attached hydrogens (tertiary/aromatic N) is 1. The number of likely N-dealkylation sites (N-methyl/N-ethyl adjacent to an activating group) is 1. The first-order valence-electron chi connectivity index (χ1n) is 6.96. The zero-order valence-electron chi connectivity index (χ0n) is 12.5. The van der Waals surface area contributed by atoms with Gasteiger partial charge in [-0.2, -0.15) is 4.31 Å². The van der Waals surface area contributed by atoms with Crippen molar-refractivity contribution >= 4 is 10.0 Å². The normalized spacial score (nSPS) is 15.2. The molecule has 2 rings (SSSR count). The van der Waals surface area contributed by atoms with E-state index in [9.17, 15) is 8.42 Å². The second-order valence-electron chi connectivity index (χ2n) is 5.21. The molecule has 0 aromatic heterocycles. The predicted octanol–water partition coefficient (Wildman–Crippen LogP) is 1.75. The van der Waals surface area contributed by atoms with Gasteiger partial charge in [0.1, 0.15) is 10.6 Å². The van der Waals surface area contributed by atoms with E-state index in [1.807, 2.05) is 6.07 Å². The Hall–Kier alpha value is -1.37. The summed E-state index contributed by atoms with van der Waals surface area (Å²) in [5, 5.41) is 3.38. The summed E-state index contributed by atoms with van der Waals surface area (Å²) in [6.07, 6.45) is 3.95. The van der Waals surface area contributed by atoms with Crippen molar-refractivity contribution in [2.45, 2.75) is 30.3 Å². The smallest absolute Gasteiger partial charge is 0.246 e. The highest BCUT2D eigenvalue weighted by Gasteiger charge is 2.25. The fourth-order valence-electron chi connectivity index (χ4n) is 2.03. The maximum absolute atomic E-state index is 12.6. The number of nitrogens with one attached hydrogen (secondary N) is 1. The van der Waals surface area contributed by atoms with Crippen molar-refractivity contribution in [2.75, 3.05) is 20.7 Å². The van der Waals surface area contributed by atoms with E-state index in [1.165, 1.54) is 31.3 Å². The summed E-state index contributed by atoms with van der Waals surface area (Å²) >= 11 is 0. The third kappa shape index (κ3) is 3.84. The number of methoxy groups -OCH3 is 1. The summed E-state index contributed by atoms with van der Waals surface area (Å²) in [6, 6.07) is 5.86. The Kier molecular flexibility index (Phi) is 5.03. The first-order chi connectivity index (χ1) is 9.98. The molecule has 1 aromatic rings. The van der Waals surface area contributed by atoms with Gasteiger partial charge in [0.2, 0.25) is 10.0 Å². The van der Waals surface area contributed by atoms with Crippen LogP contribution >= 0.6 is 0 Å². The highest BCUT2D eigenvalue weighted by atomic mass is 32.2. The van der Waals surface area contributed by atoms with Crippen LogP contribution in [0.15, 0.2) is 35.7 Å². The van der Waals surface area contributed by atoms with Gasteiger partial charge < -0.3 is 10.1 Å². The van der Waals surface area contributed by atoms with E-state index < -0.39 is 10.0 Å². The maximum Gasteiger partial charge on any atom is 0.246 e. The molecule has 21 heavy (non-hydrogen) atoms. The van der Waals surface area contributed by atoms with Crippen molar-refractivity contribution in [3.05, 3.63) is 36.4 Å². The number of sulfonamides is 1. The minimum absolute atomic E-state index is 0.199. The minimum Gasteiger partial charge on any atom is -0.495 e. The number of rotatable bonds is 8. The second-order valence-corrected chi connectivity index (χ2v) is 7.23. The van der Waals surface area contributed by atoms with Crippen LogP contribution in [-0.2, 0) is 16.6 Å². The molecule has 1 N–H and O–H groups in total. The third-order valence-corrected chi connectivity index (χ3v) is 5.32. The zero-order valence-corrected chi connectivity index (χ0v) is 13.3. The SMILES string of the molecule is C=CCN(C)S(=O)(=O)c1cc(CNC2CC2)ccc1OC. The van der Waals surface area contributed by atoms with Crippen LogP contribution in [0, 0.1) is 0 Å². The first-order valence-corrected chi connectivity index (χ1v) is 8.40. The van der Waals surface area contributed by atoms with Crippen molar-refractivity contribution in [1.82, 2.24) is 9.62 Å². The predicted molar refractivity (Wildman–Crippen MR) is 82.9 cm³/mol. The molecule has 0 bridgehead atoms. The van der Waals surface area contributed by atoms with Gasteiger partial charge >= 0.3 is 0 Å². The number of hydrogen-bond acceptors (Lipinski definition) is 4. The van der Waals surface area contributed by atoms with Crippen LogP contribution in [0.5, 0.6) is 5.75 Å². The Morgan fingerprint density at radius 2 is 2.19 bits per heavy atom. The minimum atomic E-state index is -3.58. The molecule has 1 saturated carbocycles. The lowest BCUT2D eigenvalue weighted by molar-refractivity contribution is 0.399. The molecule has 0 radical (unpaired) electrons. The molecule has 1 aromatic carbocycles. The van der Waals surface area contributed by atoms with Crippen LogP contribution in [0.25, 0.3) is 0 Å². The molecule has 0 saturated heterocycles. The molecule has 116 valence electrons. The van der Waals surface area contributed by atoms with E-state index >= 15 is 0 Å². The molecule has 0 amide bonds. The lowest BCUT2D eigenvalue weighted by Crippen LogP contribution is -2.27. The summed E-state index contributed by atoms with van der Waals surface area (Å²) in [4.78, 5) is 0.199. The highest BCUT2D eigenvalue weighted by molar-refractivity contribution is 7.89. The monoisotopic (exact) mass is 310 g/mol. The molecule has 6 heteroatoms. The molecule has 5 nitrogen and oxygen atoms in total. The standard InChI is InChI=1S/C15H22N2O3S/c1-4-9-17(2)21(18,19)15-10-12(5-8-14(15)20-3)11-16-13-6-7-13/h4-5,8,10,13,16H,1,6-7,9,11H2,2-3H3. The van der Waals surface area contributed by atoms with Crippen LogP contribution in [0.4, 0.5) is 0 Å². The fourth-order valence-corrected chi connectivity index (χ4v) is 3.37. The van der Waals surface area contributed by atoms with Gasteiger partial charge in [0.15, 0.2) is 0 Å². The van der Waals surface area contributed by atoms with Gasteiger partial charge in [-0.05, 0) is 30.5 Å². The average Bonchev–Trinajstić information content (AvgIpc) is 3.29. The first kappa shape index (κ1) is 16.0. The molecular formula is C15H22N2O3S. The molecule has 1 aliphatic carbocycles. The Morgan fingerprint density at radius 1 is 1.48 bits per heavy atom. The van der Waals surface area contributed by atoms with Gasteiger partial charge in [0.25, 0.3) is 0 Å². The number of ether oxygens (including phenoxy) is 1. The maximum atomic E-state index is 12.6. The van der Waals surface area contributed by atoms with Crippen LogP contribution in [0.1, 0.15) is 18.4 Å². The second kappa shape index (κ2) is 6.60. The lowest BCUT2D eigenvalue weighted by Gasteiger charge is -2.18. The number of hydrogen-bond donors (Lipinski definition) is 1. The number of benzene rings is 1. The van der Waals surface area contributed by atoms with Gasteiger partial charge in [0, 0.05) is 26.2 Å². The van der Waals surface area contributed by atoms with Crippen molar-refractivity contribution in [2.24, 2.45) is 0 Å². The molecule has 0 heterocycles. The van der Waals surface area contributed by atoms with E-state index in [0.29, 0.717) is 18.3 Å². The Morgan fingerprint density at radius 3 is 2.76 bits per heavy atom. The largest absolute Gasteiger partial charge is 0.495 e. The fraction of sp³-hybridized carbons (Fsp3) is 0.467. The van der Waals surface area contributed by atoms with E-state index in [1.54, 1.807) is 18.2 Å². The third-order valence-electron chi connectivity index (χ3n) is 3.47. The van der Waals surface area contributed by atoms with E-state index in [0.717, 1.165) is 5.56 Å². The van der Waals surface area contributed by atoms with Gasteiger partial charge in [-0.15, -0.1) is 6.58 Å². The van der Waals surface area contributed by atoms with Crippen LogP contribution in [0.2, 0.25) is 0 Å². The topological polar surface area (TPSA) is 58.6 Å². The summed E-state index contributed by atoms with van der Waals surface area (Å²) in [6.45, 7) is 4.51. The summed E-state index contributed by atoms with van der Waals surface area (Å²) in [5.41, 5.74) is 0.938. The van der Waals surface area contributed by atoms with Crippen molar-refractivity contribution in [3.8, 4) is 5.75 Å². The van der Waals surface area contributed by atoms with Crippen molar-refractivity contribution in [1.29, 1.82) is 0 Å². The Labute approximate surface area is 126 Å². The quantitative estimate of drug-likeness (QED) is 0.743. The lowest BCUT2D eigenvalue weighted by atomic mass is 10.2. The molecular weight excluding hydrogens is 288 g/mol. The summed E-state index contributed by atoms with van der Waals surface area (Å²) in [7, 11) is -0.571. The molecule has 0 spiro atoms. The van der Waals surface area contributed by atoms with Crippen LogP contribution in [-0.4, -0.2) is 39.5 Å². The van der Waals surface area contributed by atoms with Gasteiger partial charge in [-0.25, -0.2) is 8.42 Å². The van der Waals surface area contributed by atoms with E-state index in [2.05, 4.69) is 11.9 Å². The van der Waals surface area contributed by atoms with E-state index in [4.69, 9.17) is 4.74 Å². The van der Waals surface area contributed by atoms with Crippen molar-refractivity contribution in [3.63, 3.8) is 0 Å². The van der Waals surface area contributed by atoms with Crippen LogP contribution in [0.3, 0.4) is 0 Å². The molecule has 0 aliphatic heterocycles. The average molecular weight is 310 g/mol. The summed E-state index contributed by atoms with van der Waals surface area (Å²) < 4.78 is 31.6. The Bertz CT molecular complexity index is 609. The summed E-state index contributed by atoms with van der Waals surface area (Å²) in [5.74, 6) is 0.362. The molecule has 1 fully saturated rings. The van der Waals surface area contributed by atoms with Crippen LogP contribution < -0.4 is 10.1 Å².